The van der Waals surface area contributed by atoms with Gasteiger partial charge in [0, 0.05) is 17.7 Å². The lowest BCUT2D eigenvalue weighted by Gasteiger charge is -2.19. The molecule has 0 unspecified atom stereocenters. The molecule has 0 bridgehead atoms. The number of hydrogen-bond donors (Lipinski definition) is 1. The monoisotopic (exact) mass is 449 g/mol. The maximum Gasteiger partial charge on any atom is 0.259 e. The highest BCUT2D eigenvalue weighted by molar-refractivity contribution is 9.11. The molecule has 1 heterocycles. The standard InChI is InChI=1S/C19H17Br2NO2/c1-11(2)10-22-17-6-4-3-5-13(17)14(19(22)24)7-12-8-15(20)18(23)16(21)9-12/h3-9,11,23H,10H2,1-2H3/b14-7-. The summed E-state index contributed by atoms with van der Waals surface area (Å²) >= 11 is 6.67. The summed E-state index contributed by atoms with van der Waals surface area (Å²) in [5, 5.41) is 9.85. The molecule has 0 aliphatic carbocycles. The third kappa shape index (κ3) is 3.15. The Morgan fingerprint density at radius 1 is 1.17 bits per heavy atom. The molecule has 2 aromatic rings. The molecule has 2 aromatic carbocycles. The number of halogens is 2. The van der Waals surface area contributed by atoms with Gasteiger partial charge in [0.15, 0.2) is 0 Å². The number of amides is 1. The summed E-state index contributed by atoms with van der Waals surface area (Å²) < 4.78 is 1.17. The SMILES string of the molecule is CC(C)CN1C(=O)/C(=C\c2cc(Br)c(O)c(Br)c2)c2ccccc21. The lowest BCUT2D eigenvalue weighted by molar-refractivity contribution is -0.113. The lowest BCUT2D eigenvalue weighted by Crippen LogP contribution is -2.30. The van der Waals surface area contributed by atoms with Crippen LogP contribution in [0, 0.1) is 5.92 Å². The zero-order valence-electron chi connectivity index (χ0n) is 13.4. The molecule has 3 nitrogen and oxygen atoms in total. The Bertz CT molecular complexity index is 820. The van der Waals surface area contributed by atoms with Crippen molar-refractivity contribution < 1.29 is 9.90 Å². The van der Waals surface area contributed by atoms with Gasteiger partial charge in [-0.25, -0.2) is 0 Å². The van der Waals surface area contributed by atoms with Crippen molar-refractivity contribution in [1.82, 2.24) is 0 Å². The van der Waals surface area contributed by atoms with Gasteiger partial charge < -0.3 is 10.0 Å². The predicted octanol–water partition coefficient (Wildman–Crippen LogP) is 5.46. The van der Waals surface area contributed by atoms with Crippen LogP contribution in [-0.4, -0.2) is 17.6 Å². The van der Waals surface area contributed by atoms with E-state index in [-0.39, 0.29) is 11.7 Å². The van der Waals surface area contributed by atoms with E-state index in [4.69, 9.17) is 0 Å². The van der Waals surface area contributed by atoms with Crippen molar-refractivity contribution in [2.45, 2.75) is 13.8 Å². The smallest absolute Gasteiger partial charge is 0.259 e. The first kappa shape index (κ1) is 17.2. The molecule has 1 aliphatic heterocycles. The molecule has 0 aromatic heterocycles. The van der Waals surface area contributed by atoms with E-state index in [1.807, 2.05) is 35.2 Å². The summed E-state index contributed by atoms with van der Waals surface area (Å²) in [6.07, 6.45) is 1.87. The van der Waals surface area contributed by atoms with Crippen LogP contribution < -0.4 is 4.90 Å². The van der Waals surface area contributed by atoms with Gasteiger partial charge in [0.1, 0.15) is 5.75 Å². The second kappa shape index (κ2) is 6.73. The fourth-order valence-electron chi connectivity index (χ4n) is 2.83. The van der Waals surface area contributed by atoms with Gasteiger partial charge in [0.2, 0.25) is 0 Å². The third-order valence-electron chi connectivity index (χ3n) is 3.86. The van der Waals surface area contributed by atoms with Gasteiger partial charge in [-0.15, -0.1) is 0 Å². The van der Waals surface area contributed by atoms with Crippen LogP contribution in [0.3, 0.4) is 0 Å². The Balaban J connectivity index is 2.09. The number of phenolic OH excluding ortho intramolecular Hbond substituents is 1. The van der Waals surface area contributed by atoms with Crippen LogP contribution in [0.4, 0.5) is 5.69 Å². The van der Waals surface area contributed by atoms with Crippen LogP contribution in [0.15, 0.2) is 45.3 Å². The predicted molar refractivity (Wildman–Crippen MR) is 105 cm³/mol. The number of carbonyl (C=O) groups is 1. The second-order valence-corrected chi connectivity index (χ2v) is 7.93. The summed E-state index contributed by atoms with van der Waals surface area (Å²) in [4.78, 5) is 14.8. The average Bonchev–Trinajstić information content (AvgIpc) is 2.78. The first-order chi connectivity index (χ1) is 11.4. The van der Waals surface area contributed by atoms with E-state index in [1.165, 1.54) is 0 Å². The summed E-state index contributed by atoms with van der Waals surface area (Å²) in [5.74, 6) is 0.556. The second-order valence-electron chi connectivity index (χ2n) is 6.22. The fraction of sp³-hybridized carbons (Fsp3) is 0.211. The maximum atomic E-state index is 12.9. The van der Waals surface area contributed by atoms with Gasteiger partial charge in [-0.1, -0.05) is 32.0 Å². The van der Waals surface area contributed by atoms with Crippen LogP contribution in [-0.2, 0) is 4.79 Å². The Kier molecular flexibility index (Phi) is 4.83. The van der Waals surface area contributed by atoms with Crippen LogP contribution in [0.1, 0.15) is 25.0 Å². The Morgan fingerprint density at radius 2 is 1.79 bits per heavy atom. The number of para-hydroxylation sites is 1. The number of fused-ring (bicyclic) bond motifs is 1. The number of anilines is 1. The van der Waals surface area contributed by atoms with E-state index in [0.717, 1.165) is 16.8 Å². The van der Waals surface area contributed by atoms with Gasteiger partial charge in [-0.2, -0.15) is 0 Å². The molecule has 0 saturated heterocycles. The van der Waals surface area contributed by atoms with Gasteiger partial charge >= 0.3 is 0 Å². The number of hydrogen-bond acceptors (Lipinski definition) is 2. The van der Waals surface area contributed by atoms with Crippen LogP contribution >= 0.6 is 31.9 Å². The molecular weight excluding hydrogens is 434 g/mol. The zero-order valence-corrected chi connectivity index (χ0v) is 16.6. The van der Waals surface area contributed by atoms with Crippen LogP contribution in [0.25, 0.3) is 11.6 Å². The van der Waals surface area contributed by atoms with Crippen molar-refractivity contribution in [3.05, 3.63) is 56.5 Å². The molecule has 3 rings (SSSR count). The van der Waals surface area contributed by atoms with Gasteiger partial charge in [-0.3, -0.25) is 4.79 Å². The van der Waals surface area contributed by atoms with E-state index in [0.29, 0.717) is 27.0 Å². The first-order valence-corrected chi connectivity index (χ1v) is 9.28. The maximum absolute atomic E-state index is 12.9. The molecule has 1 amide bonds. The molecule has 0 atom stereocenters. The quantitative estimate of drug-likeness (QED) is 0.630. The Hall–Kier alpha value is -1.59. The highest BCUT2D eigenvalue weighted by atomic mass is 79.9. The molecule has 124 valence electrons. The Labute approximate surface area is 158 Å². The van der Waals surface area contributed by atoms with Crippen molar-refractivity contribution >= 4 is 55.1 Å². The molecule has 0 spiro atoms. The molecule has 0 saturated carbocycles. The number of rotatable bonds is 3. The number of benzene rings is 2. The molecule has 24 heavy (non-hydrogen) atoms. The number of phenols is 1. The van der Waals surface area contributed by atoms with E-state index in [1.54, 1.807) is 12.1 Å². The number of carbonyl (C=O) groups excluding carboxylic acids is 1. The van der Waals surface area contributed by atoms with E-state index in [2.05, 4.69) is 45.7 Å². The molecule has 0 fully saturated rings. The molecular formula is C19H17Br2NO2. The highest BCUT2D eigenvalue weighted by Crippen LogP contribution is 2.39. The van der Waals surface area contributed by atoms with Crippen LogP contribution in [0.5, 0.6) is 5.75 Å². The minimum Gasteiger partial charge on any atom is -0.506 e. The van der Waals surface area contributed by atoms with E-state index in [9.17, 15) is 9.90 Å². The van der Waals surface area contributed by atoms with Crippen molar-refractivity contribution in [3.63, 3.8) is 0 Å². The topological polar surface area (TPSA) is 40.5 Å². The molecule has 1 N–H and O–H groups in total. The number of nitrogens with zero attached hydrogens (tertiary/aromatic N) is 1. The third-order valence-corrected chi connectivity index (χ3v) is 5.07. The zero-order chi connectivity index (χ0) is 17.4. The average molecular weight is 451 g/mol. The fourth-order valence-corrected chi connectivity index (χ4v) is 4.05. The minimum absolute atomic E-state index is 0.0187. The van der Waals surface area contributed by atoms with Gasteiger partial charge in [-0.05, 0) is 67.6 Å². The summed E-state index contributed by atoms with van der Waals surface area (Å²) in [5.41, 5.74) is 3.43. The van der Waals surface area contributed by atoms with Crippen molar-refractivity contribution in [2.24, 2.45) is 5.92 Å². The largest absolute Gasteiger partial charge is 0.506 e. The summed E-state index contributed by atoms with van der Waals surface area (Å²) in [6, 6.07) is 11.5. The van der Waals surface area contributed by atoms with Gasteiger partial charge in [0.05, 0.1) is 14.6 Å². The number of aromatic hydroxyl groups is 1. The van der Waals surface area contributed by atoms with Crippen molar-refractivity contribution in [2.75, 3.05) is 11.4 Å². The van der Waals surface area contributed by atoms with E-state index >= 15 is 0 Å². The molecule has 0 radical (unpaired) electrons. The normalized spacial score (nSPS) is 15.5. The highest BCUT2D eigenvalue weighted by Gasteiger charge is 2.32. The van der Waals surface area contributed by atoms with Crippen molar-refractivity contribution in [3.8, 4) is 5.75 Å². The Morgan fingerprint density at radius 3 is 2.42 bits per heavy atom. The lowest BCUT2D eigenvalue weighted by atomic mass is 10.0. The minimum atomic E-state index is 0.0187. The van der Waals surface area contributed by atoms with Crippen LogP contribution in [0.2, 0.25) is 0 Å². The molecule has 5 heteroatoms. The van der Waals surface area contributed by atoms with E-state index < -0.39 is 0 Å². The summed E-state index contributed by atoms with van der Waals surface area (Å²) in [7, 11) is 0. The van der Waals surface area contributed by atoms with Gasteiger partial charge in [0.25, 0.3) is 5.91 Å². The molecule has 1 aliphatic rings. The van der Waals surface area contributed by atoms with Crippen molar-refractivity contribution in [1.29, 1.82) is 0 Å². The first-order valence-electron chi connectivity index (χ1n) is 7.69. The summed E-state index contributed by atoms with van der Waals surface area (Å²) in [6.45, 7) is 4.90.